The van der Waals surface area contributed by atoms with Crippen molar-refractivity contribution in [2.24, 2.45) is 11.1 Å². The highest BCUT2D eigenvalue weighted by Crippen LogP contribution is 2.44. The number of hydrogen-bond donors (Lipinski definition) is 1. The van der Waals surface area contributed by atoms with Crippen LogP contribution in [0.15, 0.2) is 46.5 Å². The van der Waals surface area contributed by atoms with Crippen LogP contribution in [0, 0.1) is 11.7 Å². The fourth-order valence-electron chi connectivity index (χ4n) is 5.21. The second-order valence-electron chi connectivity index (χ2n) is 9.04. The first-order valence-corrected chi connectivity index (χ1v) is 11.3. The van der Waals surface area contributed by atoms with Gasteiger partial charge in [-0.1, -0.05) is 5.16 Å². The number of benzene rings is 2. The number of halogens is 1. The largest absolute Gasteiger partial charge is 0.497 e. The number of nitrogens with zero attached hydrogens (tertiary/aromatic N) is 3. The van der Waals surface area contributed by atoms with Gasteiger partial charge in [0.1, 0.15) is 23.6 Å². The fraction of sp³-hybridized carbons (Fsp3) is 0.320. The van der Waals surface area contributed by atoms with Gasteiger partial charge in [-0.25, -0.2) is 9.18 Å². The van der Waals surface area contributed by atoms with Gasteiger partial charge in [-0.2, -0.15) is 0 Å². The molecule has 4 heterocycles. The highest BCUT2D eigenvalue weighted by atomic mass is 19.1. The molecule has 1 saturated heterocycles. The molecule has 180 valence electrons. The topological polar surface area (TPSA) is 103 Å². The lowest BCUT2D eigenvalue weighted by Gasteiger charge is -2.31. The van der Waals surface area contributed by atoms with E-state index in [1.165, 1.54) is 6.20 Å². The summed E-state index contributed by atoms with van der Waals surface area (Å²) < 4.78 is 28.5. The maximum atomic E-state index is 15.6. The molecule has 0 spiro atoms. The minimum atomic E-state index is -1.35. The zero-order valence-corrected chi connectivity index (χ0v) is 19.0. The Kier molecular flexibility index (Phi) is 4.73. The predicted molar refractivity (Wildman–Crippen MR) is 125 cm³/mol. The second-order valence-corrected chi connectivity index (χ2v) is 9.04. The third-order valence-electron chi connectivity index (χ3n) is 6.98. The Balaban J connectivity index is 1.42. The van der Waals surface area contributed by atoms with Gasteiger partial charge in [-0.3, -0.25) is 4.79 Å². The Morgan fingerprint density at radius 3 is 2.74 bits per heavy atom. The number of oxime groups is 1. The van der Waals surface area contributed by atoms with Crippen molar-refractivity contribution >= 4 is 28.3 Å². The Bertz CT molecular complexity index is 1470. The van der Waals surface area contributed by atoms with Gasteiger partial charge in [0.05, 0.1) is 42.2 Å². The van der Waals surface area contributed by atoms with Crippen LogP contribution in [0.4, 0.5) is 10.1 Å². The summed E-state index contributed by atoms with van der Waals surface area (Å²) in [7, 11) is 1.60. The molecule has 2 aromatic carbocycles. The molecule has 3 atom stereocenters. The van der Waals surface area contributed by atoms with Gasteiger partial charge in [0.15, 0.2) is 17.7 Å². The van der Waals surface area contributed by atoms with Gasteiger partial charge < -0.3 is 28.9 Å². The number of rotatable bonds is 4. The normalized spacial score (nSPS) is 22.4. The summed E-state index contributed by atoms with van der Waals surface area (Å²) in [6, 6.07) is 8.42. The van der Waals surface area contributed by atoms with E-state index in [0.717, 1.165) is 23.1 Å². The molecule has 35 heavy (non-hydrogen) atoms. The molecule has 9 nitrogen and oxygen atoms in total. The molecular weight excluding hydrogens is 457 g/mol. The van der Waals surface area contributed by atoms with E-state index in [2.05, 4.69) is 5.16 Å². The van der Waals surface area contributed by atoms with Gasteiger partial charge in [-0.15, -0.1) is 0 Å². The maximum Gasteiger partial charge on any atom is 0.341 e. The number of methoxy groups -OCH3 is 1. The molecule has 0 saturated carbocycles. The first-order chi connectivity index (χ1) is 16.9. The molecule has 0 radical (unpaired) electrons. The van der Waals surface area contributed by atoms with E-state index in [1.807, 2.05) is 36.1 Å². The summed E-state index contributed by atoms with van der Waals surface area (Å²) in [5.74, 6) is -1.09. The molecule has 1 aromatic heterocycles. The summed E-state index contributed by atoms with van der Waals surface area (Å²) in [5.41, 5.74) is 1.20. The van der Waals surface area contributed by atoms with Crippen molar-refractivity contribution in [3.63, 3.8) is 0 Å². The minimum Gasteiger partial charge on any atom is -0.497 e. The first kappa shape index (κ1) is 21.5. The van der Waals surface area contributed by atoms with E-state index < -0.39 is 22.8 Å². The Hall–Kier alpha value is -4.08. The number of aromatic nitrogens is 1. The van der Waals surface area contributed by atoms with Crippen LogP contribution in [0.2, 0.25) is 0 Å². The van der Waals surface area contributed by atoms with E-state index in [-0.39, 0.29) is 41.5 Å². The van der Waals surface area contributed by atoms with Gasteiger partial charge in [0.25, 0.3) is 0 Å². The second kappa shape index (κ2) is 7.72. The quantitative estimate of drug-likeness (QED) is 0.614. The molecule has 3 aliphatic rings. The highest BCUT2D eigenvalue weighted by Gasteiger charge is 2.45. The van der Waals surface area contributed by atoms with E-state index in [0.29, 0.717) is 18.6 Å². The molecule has 3 aromatic rings. The summed E-state index contributed by atoms with van der Waals surface area (Å²) in [4.78, 5) is 32.0. The third-order valence-corrected chi connectivity index (χ3v) is 6.98. The molecule has 1 fully saturated rings. The van der Waals surface area contributed by atoms with E-state index in [4.69, 9.17) is 14.3 Å². The zero-order chi connectivity index (χ0) is 24.4. The summed E-state index contributed by atoms with van der Waals surface area (Å²) in [6.07, 6.45) is 1.07. The monoisotopic (exact) mass is 479 g/mol. The van der Waals surface area contributed by atoms with Crippen LogP contribution < -0.4 is 19.8 Å². The van der Waals surface area contributed by atoms with E-state index in [1.54, 1.807) is 11.7 Å². The molecule has 0 bridgehead atoms. The van der Waals surface area contributed by atoms with Crippen molar-refractivity contribution in [1.29, 1.82) is 0 Å². The Morgan fingerprint density at radius 2 is 2.03 bits per heavy atom. The van der Waals surface area contributed by atoms with Gasteiger partial charge >= 0.3 is 5.97 Å². The lowest BCUT2D eigenvalue weighted by atomic mass is 9.95. The molecule has 0 amide bonds. The molecule has 3 unspecified atom stereocenters. The third kappa shape index (κ3) is 3.16. The van der Waals surface area contributed by atoms with Crippen LogP contribution >= 0.6 is 0 Å². The molecule has 1 N–H and O–H groups in total. The van der Waals surface area contributed by atoms with E-state index >= 15 is 4.39 Å². The zero-order valence-electron chi connectivity index (χ0n) is 19.0. The number of pyridine rings is 1. The van der Waals surface area contributed by atoms with Crippen LogP contribution in [-0.4, -0.2) is 54.3 Å². The molecule has 0 aliphatic carbocycles. The predicted octanol–water partition coefficient (Wildman–Crippen LogP) is 3.04. The van der Waals surface area contributed by atoms with Crippen molar-refractivity contribution in [2.75, 3.05) is 31.7 Å². The van der Waals surface area contributed by atoms with Gasteiger partial charge in [0.2, 0.25) is 5.43 Å². The fourth-order valence-corrected chi connectivity index (χ4v) is 5.21. The number of carboxylic acids is 1. The maximum absolute atomic E-state index is 15.6. The number of anilines is 1. The van der Waals surface area contributed by atoms with E-state index in [9.17, 15) is 14.7 Å². The lowest BCUT2D eigenvalue weighted by molar-refractivity contribution is 0.0694. The number of fused-ring (bicyclic) bond motifs is 1. The number of carbonyl (C=O) groups is 1. The van der Waals surface area contributed by atoms with Crippen LogP contribution in [0.3, 0.4) is 0 Å². The number of ether oxygens (including phenoxy) is 2. The molecule has 3 aliphatic heterocycles. The number of aromatic carboxylic acids is 1. The lowest BCUT2D eigenvalue weighted by Crippen LogP contribution is -2.30. The highest BCUT2D eigenvalue weighted by molar-refractivity contribution is 6.04. The Labute approximate surface area is 198 Å². The number of carboxylic acid groups (broad SMARTS) is 1. The van der Waals surface area contributed by atoms with Crippen LogP contribution in [-0.2, 0) is 4.84 Å². The smallest absolute Gasteiger partial charge is 0.341 e. The van der Waals surface area contributed by atoms with Crippen molar-refractivity contribution in [3.05, 3.63) is 63.7 Å². The molecule has 10 heteroatoms. The molecule has 6 rings (SSSR count). The summed E-state index contributed by atoms with van der Waals surface area (Å²) in [6.45, 7) is 2.91. The average Bonchev–Trinajstić information content (AvgIpc) is 3.43. The SMILES string of the molecule is COc1ccc(C2=NOC3CN(c4c(F)cc5c(=O)c(C(=O)O)cn6c5c4OCC6C)CC23)cc1. The summed E-state index contributed by atoms with van der Waals surface area (Å²) in [5, 5.41) is 13.8. The van der Waals surface area contributed by atoms with Crippen LogP contribution in [0.1, 0.15) is 28.9 Å². The van der Waals surface area contributed by atoms with Crippen LogP contribution in [0.25, 0.3) is 10.9 Å². The first-order valence-electron chi connectivity index (χ1n) is 11.3. The Morgan fingerprint density at radius 1 is 1.26 bits per heavy atom. The van der Waals surface area contributed by atoms with Crippen molar-refractivity contribution in [2.45, 2.75) is 19.1 Å². The minimum absolute atomic E-state index is 0.0103. The average molecular weight is 479 g/mol. The van der Waals surface area contributed by atoms with Crippen molar-refractivity contribution in [3.8, 4) is 11.5 Å². The standard InChI is InChI=1S/C25H22FN3O6/c1-12-11-34-24-21-15(23(30)17(25(31)32)9-29(12)21)7-18(26)22(24)28-8-16-19(10-28)35-27-20(16)13-3-5-14(33-2)6-4-13/h3-7,9,12,16,19H,8,10-11H2,1-2H3,(H,31,32). The van der Waals surface area contributed by atoms with Crippen molar-refractivity contribution < 1.29 is 28.6 Å². The summed E-state index contributed by atoms with van der Waals surface area (Å²) >= 11 is 0. The van der Waals surface area contributed by atoms with Crippen molar-refractivity contribution in [1.82, 2.24) is 4.57 Å². The van der Waals surface area contributed by atoms with Gasteiger partial charge in [-0.05, 0) is 37.3 Å². The number of hydrogen-bond acceptors (Lipinski definition) is 7. The molecular formula is C25H22FN3O6. The van der Waals surface area contributed by atoms with Crippen LogP contribution in [0.5, 0.6) is 11.5 Å². The van der Waals surface area contributed by atoms with Gasteiger partial charge in [0, 0.05) is 18.3 Å².